The van der Waals surface area contributed by atoms with Crippen LogP contribution in [0.15, 0.2) is 30.5 Å². The Kier molecular flexibility index (Phi) is 5.83. The fourth-order valence-electron chi connectivity index (χ4n) is 2.81. The molecule has 0 atom stereocenters. The Morgan fingerprint density at radius 2 is 2.00 bits per heavy atom. The largest absolute Gasteiger partial charge is 0.450 e. The van der Waals surface area contributed by atoms with Crippen LogP contribution in [-0.2, 0) is 11.3 Å². The number of ether oxygens (including phenoxy) is 1. The zero-order valence-electron chi connectivity index (χ0n) is 15.2. The Morgan fingerprint density at radius 1 is 1.23 bits per heavy atom. The van der Waals surface area contributed by atoms with Gasteiger partial charge in [0, 0.05) is 32.7 Å². The van der Waals surface area contributed by atoms with E-state index in [1.165, 1.54) is 11.1 Å². The summed E-state index contributed by atoms with van der Waals surface area (Å²) in [5, 5.41) is 11.5. The summed E-state index contributed by atoms with van der Waals surface area (Å²) in [6.45, 7) is 7.45. The highest BCUT2D eigenvalue weighted by Crippen LogP contribution is 2.14. The van der Waals surface area contributed by atoms with Crippen molar-refractivity contribution in [2.45, 2.75) is 20.4 Å². The molecule has 8 heteroatoms. The molecule has 0 unspecified atom stereocenters. The lowest BCUT2D eigenvalue weighted by atomic mass is 10.1. The van der Waals surface area contributed by atoms with Gasteiger partial charge in [-0.15, -0.1) is 5.10 Å². The molecule has 1 aromatic heterocycles. The normalized spacial score (nSPS) is 14.2. The molecule has 0 spiro atoms. The van der Waals surface area contributed by atoms with Gasteiger partial charge < -0.3 is 19.9 Å². The molecule has 1 aliphatic heterocycles. The third-order valence-electron chi connectivity index (χ3n) is 4.36. The second kappa shape index (κ2) is 8.46. The number of piperazine rings is 1. The van der Waals surface area contributed by atoms with Crippen LogP contribution in [0, 0.1) is 6.92 Å². The first kappa shape index (κ1) is 17.9. The second-order valence-corrected chi connectivity index (χ2v) is 6.09. The summed E-state index contributed by atoms with van der Waals surface area (Å²) in [5.41, 5.74) is 2.45. The number of hydrogen-bond acceptors (Lipinski definition) is 7. The van der Waals surface area contributed by atoms with Gasteiger partial charge in [-0.05, 0) is 25.0 Å². The van der Waals surface area contributed by atoms with Crippen molar-refractivity contribution >= 4 is 17.9 Å². The molecule has 0 radical (unpaired) electrons. The van der Waals surface area contributed by atoms with Crippen LogP contribution in [-0.4, -0.2) is 59.0 Å². The second-order valence-electron chi connectivity index (χ2n) is 6.09. The summed E-state index contributed by atoms with van der Waals surface area (Å²) in [4.78, 5) is 20.1. The number of hydrogen-bond donors (Lipinski definition) is 1. The third kappa shape index (κ3) is 4.38. The van der Waals surface area contributed by atoms with Gasteiger partial charge in [-0.3, -0.25) is 0 Å². The minimum absolute atomic E-state index is 0.264. The first-order valence-electron chi connectivity index (χ1n) is 8.82. The summed E-state index contributed by atoms with van der Waals surface area (Å²) in [6, 6.07) is 8.23. The molecular formula is C18H24N6O2. The van der Waals surface area contributed by atoms with Crippen molar-refractivity contribution in [1.82, 2.24) is 20.1 Å². The molecule has 0 saturated carbocycles. The average molecular weight is 356 g/mol. The highest BCUT2D eigenvalue weighted by atomic mass is 16.6. The van der Waals surface area contributed by atoms with Gasteiger partial charge >= 0.3 is 6.09 Å². The van der Waals surface area contributed by atoms with Crippen LogP contribution < -0.4 is 10.2 Å². The number of aromatic nitrogens is 3. The highest BCUT2D eigenvalue weighted by molar-refractivity contribution is 5.68. The standard InChI is InChI=1S/C18H24N6O2/c1-3-26-18(25)24-10-8-23(9-11-24)17-21-16(13-20-22-17)19-12-15-7-5-4-6-14(15)2/h4-7,13H,3,8-12H2,1-2H3,(H,19,21,22). The molecule has 138 valence electrons. The Morgan fingerprint density at radius 3 is 2.73 bits per heavy atom. The predicted octanol–water partition coefficient (Wildman–Crippen LogP) is 2.07. The maximum absolute atomic E-state index is 11.8. The molecule has 2 aromatic rings. The van der Waals surface area contributed by atoms with E-state index in [1.54, 1.807) is 11.1 Å². The summed E-state index contributed by atoms with van der Waals surface area (Å²) < 4.78 is 5.04. The van der Waals surface area contributed by atoms with Gasteiger partial charge in [0.05, 0.1) is 12.8 Å². The summed E-state index contributed by atoms with van der Waals surface area (Å²) >= 11 is 0. The Hall–Kier alpha value is -2.90. The van der Waals surface area contributed by atoms with Crippen molar-refractivity contribution in [2.75, 3.05) is 43.0 Å². The van der Waals surface area contributed by atoms with E-state index in [4.69, 9.17) is 4.74 Å². The van der Waals surface area contributed by atoms with Gasteiger partial charge in [0.2, 0.25) is 5.95 Å². The number of amides is 1. The fourth-order valence-corrected chi connectivity index (χ4v) is 2.81. The SMILES string of the molecule is CCOC(=O)N1CCN(c2nncc(NCc3ccccc3C)n2)CC1. The van der Waals surface area contributed by atoms with Gasteiger partial charge in [-0.2, -0.15) is 10.1 Å². The Bertz CT molecular complexity index is 746. The minimum Gasteiger partial charge on any atom is -0.450 e. The molecular weight excluding hydrogens is 332 g/mol. The molecule has 1 amide bonds. The number of nitrogens with one attached hydrogen (secondary N) is 1. The molecule has 1 aliphatic rings. The smallest absolute Gasteiger partial charge is 0.409 e. The molecule has 3 rings (SSSR count). The van der Waals surface area contributed by atoms with Crippen LogP contribution in [0.2, 0.25) is 0 Å². The molecule has 0 aliphatic carbocycles. The summed E-state index contributed by atoms with van der Waals surface area (Å²) in [5.74, 6) is 1.26. The van der Waals surface area contributed by atoms with Crippen molar-refractivity contribution in [3.05, 3.63) is 41.6 Å². The van der Waals surface area contributed by atoms with Crippen LogP contribution in [0.4, 0.5) is 16.6 Å². The number of benzene rings is 1. The average Bonchev–Trinajstić information content (AvgIpc) is 2.68. The van der Waals surface area contributed by atoms with E-state index in [-0.39, 0.29) is 6.09 Å². The summed E-state index contributed by atoms with van der Waals surface area (Å²) in [7, 11) is 0. The van der Waals surface area contributed by atoms with Crippen LogP contribution in [0.5, 0.6) is 0 Å². The van der Waals surface area contributed by atoms with Crippen LogP contribution in [0.25, 0.3) is 0 Å². The number of carbonyl (C=O) groups excluding carboxylic acids is 1. The van der Waals surface area contributed by atoms with Gasteiger partial charge in [0.25, 0.3) is 0 Å². The number of anilines is 2. The third-order valence-corrected chi connectivity index (χ3v) is 4.36. The first-order chi connectivity index (χ1) is 12.7. The van der Waals surface area contributed by atoms with Gasteiger partial charge in [-0.1, -0.05) is 24.3 Å². The lowest BCUT2D eigenvalue weighted by molar-refractivity contribution is 0.105. The lowest BCUT2D eigenvalue weighted by Crippen LogP contribution is -2.49. The van der Waals surface area contributed by atoms with E-state index < -0.39 is 0 Å². The molecule has 2 heterocycles. The Labute approximate surface area is 153 Å². The van der Waals surface area contributed by atoms with Gasteiger partial charge in [-0.25, -0.2) is 4.79 Å². The number of rotatable bonds is 5. The molecule has 1 saturated heterocycles. The van der Waals surface area contributed by atoms with Crippen LogP contribution in [0.1, 0.15) is 18.1 Å². The maximum atomic E-state index is 11.8. The van der Waals surface area contributed by atoms with Gasteiger partial charge in [0.15, 0.2) is 5.82 Å². The number of nitrogens with zero attached hydrogens (tertiary/aromatic N) is 5. The monoisotopic (exact) mass is 356 g/mol. The number of aryl methyl sites for hydroxylation is 1. The Balaban J connectivity index is 1.58. The van der Waals surface area contributed by atoms with Crippen molar-refractivity contribution < 1.29 is 9.53 Å². The quantitative estimate of drug-likeness (QED) is 0.878. The molecule has 0 bridgehead atoms. The molecule has 1 N–H and O–H groups in total. The van der Waals surface area contributed by atoms with Gasteiger partial charge in [0.1, 0.15) is 0 Å². The van der Waals surface area contributed by atoms with E-state index in [0.717, 1.165) is 0 Å². The molecule has 8 nitrogen and oxygen atoms in total. The first-order valence-corrected chi connectivity index (χ1v) is 8.82. The summed E-state index contributed by atoms with van der Waals surface area (Å²) in [6.07, 6.45) is 1.36. The number of carbonyl (C=O) groups is 1. The van der Waals surface area contributed by atoms with E-state index in [0.29, 0.717) is 51.1 Å². The van der Waals surface area contributed by atoms with E-state index in [1.807, 2.05) is 24.0 Å². The van der Waals surface area contributed by atoms with Crippen molar-refractivity contribution in [3.8, 4) is 0 Å². The van der Waals surface area contributed by atoms with Crippen molar-refractivity contribution in [1.29, 1.82) is 0 Å². The lowest BCUT2D eigenvalue weighted by Gasteiger charge is -2.33. The van der Waals surface area contributed by atoms with Crippen LogP contribution in [0.3, 0.4) is 0 Å². The van der Waals surface area contributed by atoms with Crippen molar-refractivity contribution in [3.63, 3.8) is 0 Å². The fraction of sp³-hybridized carbons (Fsp3) is 0.444. The zero-order valence-corrected chi connectivity index (χ0v) is 15.2. The zero-order chi connectivity index (χ0) is 18.4. The molecule has 1 fully saturated rings. The maximum Gasteiger partial charge on any atom is 0.409 e. The minimum atomic E-state index is -0.264. The van der Waals surface area contributed by atoms with E-state index in [9.17, 15) is 4.79 Å². The van der Waals surface area contributed by atoms with Crippen LogP contribution >= 0.6 is 0 Å². The van der Waals surface area contributed by atoms with E-state index in [2.05, 4.69) is 39.6 Å². The molecule has 26 heavy (non-hydrogen) atoms. The van der Waals surface area contributed by atoms with E-state index >= 15 is 0 Å². The highest BCUT2D eigenvalue weighted by Gasteiger charge is 2.23. The predicted molar refractivity (Wildman–Crippen MR) is 99.1 cm³/mol. The van der Waals surface area contributed by atoms with Crippen molar-refractivity contribution in [2.24, 2.45) is 0 Å². The molecule has 1 aromatic carbocycles. The topological polar surface area (TPSA) is 83.5 Å².